The molecule has 1 aliphatic heterocycles. The molecule has 2 unspecified atom stereocenters. The Balaban J connectivity index is 0.00000176. The molecule has 1 aliphatic carbocycles. The van der Waals surface area contributed by atoms with Crippen molar-refractivity contribution in [1.82, 2.24) is 0 Å². The lowest BCUT2D eigenvalue weighted by molar-refractivity contribution is -0.907. The molecule has 2 nitrogen and oxygen atoms in total. The van der Waals surface area contributed by atoms with Crippen LogP contribution in [0.1, 0.15) is 50.3 Å². The van der Waals surface area contributed by atoms with Crippen LogP contribution >= 0.6 is 11.3 Å². The Kier molecular flexibility index (Phi) is 5.56. The van der Waals surface area contributed by atoms with E-state index >= 15 is 0 Å². The minimum Gasteiger partial charge on any atom is -1.00 e. The van der Waals surface area contributed by atoms with Gasteiger partial charge in [-0.3, -0.25) is 4.79 Å². The number of rotatable bonds is 2. The van der Waals surface area contributed by atoms with Crippen molar-refractivity contribution in [3.63, 3.8) is 0 Å². The van der Waals surface area contributed by atoms with Gasteiger partial charge in [0.25, 0.3) is 0 Å². The van der Waals surface area contributed by atoms with Gasteiger partial charge in [-0.1, -0.05) is 25.3 Å². The normalized spacial score (nSPS) is 32.5. The summed E-state index contributed by atoms with van der Waals surface area (Å²) in [5.41, 5.74) is -0.179. The predicted molar refractivity (Wildman–Crippen MR) is 88.6 cm³/mol. The third-order valence-electron chi connectivity index (χ3n) is 6.21. The van der Waals surface area contributed by atoms with Gasteiger partial charge in [-0.05, 0) is 37.1 Å². The van der Waals surface area contributed by atoms with Crippen LogP contribution in [-0.2, 0) is 10.2 Å². The second-order valence-corrected chi connectivity index (χ2v) is 8.52. The van der Waals surface area contributed by atoms with Crippen LogP contribution in [0.25, 0.3) is 0 Å². The summed E-state index contributed by atoms with van der Waals surface area (Å²) in [5, 5.41) is 2.15. The summed E-state index contributed by atoms with van der Waals surface area (Å²) in [4.78, 5) is 14.8. The summed E-state index contributed by atoms with van der Waals surface area (Å²) in [6, 6.07) is 4.45. The molecule has 22 heavy (non-hydrogen) atoms. The lowest BCUT2D eigenvalue weighted by Gasteiger charge is -2.50. The number of likely N-dealkylation sites (N-methyl/N-ethyl adjacent to an activating group) is 1. The molecule has 0 N–H and O–H groups in total. The number of halogens is 1. The average molecular weight is 386 g/mol. The minimum atomic E-state index is -0.179. The highest BCUT2D eigenvalue weighted by Gasteiger charge is 2.56. The second-order valence-electron chi connectivity index (χ2n) is 7.58. The maximum Gasteiger partial charge on any atom is 0.201 e. The molecule has 1 aromatic heterocycles. The summed E-state index contributed by atoms with van der Waals surface area (Å²) in [7, 11) is 4.42. The van der Waals surface area contributed by atoms with Crippen molar-refractivity contribution in [3.05, 3.63) is 22.4 Å². The predicted octanol–water partition coefficient (Wildman–Crippen LogP) is 1.01. The molecule has 4 heteroatoms. The summed E-state index contributed by atoms with van der Waals surface area (Å²) in [6.45, 7) is 3.26. The third-order valence-corrected chi connectivity index (χ3v) is 7.26. The molecule has 0 amide bonds. The van der Waals surface area contributed by atoms with Gasteiger partial charge in [0, 0.05) is 11.3 Å². The number of hydrogen-bond donors (Lipinski definition) is 0. The van der Waals surface area contributed by atoms with E-state index in [1.54, 1.807) is 11.3 Å². The zero-order valence-electron chi connectivity index (χ0n) is 14.0. The first kappa shape index (κ1) is 18.2. The summed E-state index contributed by atoms with van der Waals surface area (Å²) < 4.78 is 0.846. The number of carbonyl (C=O) groups excluding carboxylic acids is 1. The van der Waals surface area contributed by atoms with Crippen LogP contribution in [0.2, 0.25) is 0 Å². The molecule has 2 fully saturated rings. The molecule has 1 saturated carbocycles. The molecule has 0 bridgehead atoms. The fraction of sp³-hybridized carbons (Fsp3) is 0.722. The van der Waals surface area contributed by atoms with Gasteiger partial charge in [-0.15, -0.1) is 11.3 Å². The maximum absolute atomic E-state index is 13.5. The molecule has 2 aliphatic rings. The zero-order valence-corrected chi connectivity index (χ0v) is 16.4. The summed E-state index contributed by atoms with van der Waals surface area (Å²) in [5.74, 6) is 1.08. The number of hydrogen-bond acceptors (Lipinski definition) is 2. The molecular weight excluding hydrogens is 358 g/mol. The lowest BCUT2D eigenvalue weighted by atomic mass is 9.60. The van der Waals surface area contributed by atoms with E-state index in [1.807, 2.05) is 0 Å². The molecule has 2 atom stereocenters. The van der Waals surface area contributed by atoms with Crippen LogP contribution in [0.3, 0.4) is 0 Å². The van der Waals surface area contributed by atoms with E-state index < -0.39 is 0 Å². The van der Waals surface area contributed by atoms with Gasteiger partial charge in [0.15, 0.2) is 0 Å². The maximum atomic E-state index is 13.5. The molecule has 2 heterocycles. The number of quaternary nitrogens is 1. The third kappa shape index (κ3) is 2.83. The van der Waals surface area contributed by atoms with Crippen molar-refractivity contribution in [3.8, 4) is 0 Å². The van der Waals surface area contributed by atoms with E-state index in [9.17, 15) is 4.79 Å². The lowest BCUT2D eigenvalue weighted by Crippen LogP contribution is -3.00. The molecular formula is C18H28BrNOS. The Morgan fingerprint density at radius 2 is 1.91 bits per heavy atom. The topological polar surface area (TPSA) is 17.1 Å². The first-order valence-electron chi connectivity index (χ1n) is 8.39. The van der Waals surface area contributed by atoms with Crippen molar-refractivity contribution >= 4 is 17.1 Å². The smallest absolute Gasteiger partial charge is 0.201 e. The fourth-order valence-corrected chi connectivity index (χ4v) is 5.49. The van der Waals surface area contributed by atoms with E-state index in [2.05, 4.69) is 38.5 Å². The number of ketones is 1. The van der Waals surface area contributed by atoms with Crippen molar-refractivity contribution in [2.75, 3.05) is 20.6 Å². The van der Waals surface area contributed by atoms with Gasteiger partial charge in [-0.25, -0.2) is 0 Å². The second kappa shape index (κ2) is 6.74. The Hall–Kier alpha value is -0.190. The zero-order chi connectivity index (χ0) is 15.1. The van der Waals surface area contributed by atoms with Gasteiger partial charge in [0.2, 0.25) is 5.78 Å². The van der Waals surface area contributed by atoms with Gasteiger partial charge in [0.1, 0.15) is 6.04 Å². The van der Waals surface area contributed by atoms with Crippen molar-refractivity contribution in [2.45, 2.75) is 56.9 Å². The number of nitrogens with zero attached hydrogens (tertiary/aromatic N) is 1. The highest BCUT2D eigenvalue weighted by Crippen LogP contribution is 2.49. The quantitative estimate of drug-likeness (QED) is 0.694. The van der Waals surface area contributed by atoms with Crippen LogP contribution < -0.4 is 17.0 Å². The van der Waals surface area contributed by atoms with Crippen LogP contribution in [0.4, 0.5) is 0 Å². The van der Waals surface area contributed by atoms with Gasteiger partial charge in [0.05, 0.1) is 26.1 Å². The number of piperidine rings is 1. The van der Waals surface area contributed by atoms with Crippen LogP contribution in [0.15, 0.2) is 17.5 Å². The number of likely N-dealkylation sites (tertiary alicyclic amines) is 1. The number of carbonyl (C=O) groups is 1. The van der Waals surface area contributed by atoms with Gasteiger partial charge >= 0.3 is 0 Å². The van der Waals surface area contributed by atoms with Gasteiger partial charge in [-0.2, -0.15) is 0 Å². The van der Waals surface area contributed by atoms with Crippen LogP contribution in [0, 0.1) is 5.92 Å². The molecule has 0 radical (unpaired) electrons. The largest absolute Gasteiger partial charge is 1.00 e. The van der Waals surface area contributed by atoms with Gasteiger partial charge < -0.3 is 21.5 Å². The molecule has 1 aromatic rings. The van der Waals surface area contributed by atoms with E-state index in [0.717, 1.165) is 17.4 Å². The Labute approximate surface area is 149 Å². The molecule has 0 spiro atoms. The standard InChI is InChI=1S/C18H28NOS.BrH/c1-14-17(20)18(11-12-19(14,2)3,16-10-7-13-21-16)15-8-5-4-6-9-15;/h7,10,13-15H,4-6,8-9,11-12H2,1-3H3;1H/q+1;/p-1. The van der Waals surface area contributed by atoms with E-state index in [1.165, 1.54) is 37.0 Å². The van der Waals surface area contributed by atoms with Crippen molar-refractivity contribution in [1.29, 1.82) is 0 Å². The monoisotopic (exact) mass is 385 g/mol. The minimum absolute atomic E-state index is 0. The molecule has 3 rings (SSSR count). The number of Topliss-reactive ketones (excluding diaryl/α,β-unsaturated/α-hetero) is 1. The highest BCUT2D eigenvalue weighted by molar-refractivity contribution is 7.10. The first-order valence-corrected chi connectivity index (χ1v) is 9.27. The summed E-state index contributed by atoms with van der Waals surface area (Å²) >= 11 is 1.80. The first-order chi connectivity index (χ1) is 9.98. The van der Waals surface area contributed by atoms with Crippen molar-refractivity contribution in [2.24, 2.45) is 5.92 Å². The molecule has 0 aromatic carbocycles. The SMILES string of the molecule is CC1C(=O)C(c2cccs2)(C2CCCCC2)CC[N+]1(C)C.[Br-]. The fourth-order valence-electron chi connectivity index (χ4n) is 4.45. The highest BCUT2D eigenvalue weighted by atomic mass is 79.9. The van der Waals surface area contributed by atoms with E-state index in [4.69, 9.17) is 0 Å². The van der Waals surface area contributed by atoms with E-state index in [-0.39, 0.29) is 28.4 Å². The van der Waals surface area contributed by atoms with Crippen LogP contribution in [-0.4, -0.2) is 36.9 Å². The van der Waals surface area contributed by atoms with E-state index in [0.29, 0.717) is 11.7 Å². The van der Waals surface area contributed by atoms with Crippen molar-refractivity contribution < 1.29 is 26.3 Å². The average Bonchev–Trinajstić information content (AvgIpc) is 3.01. The molecule has 1 saturated heterocycles. The van der Waals surface area contributed by atoms with Crippen LogP contribution in [0.5, 0.6) is 0 Å². The molecule has 124 valence electrons. The Morgan fingerprint density at radius 3 is 2.50 bits per heavy atom. The number of thiophene rings is 1. The Bertz CT molecular complexity index is 507. The summed E-state index contributed by atoms with van der Waals surface area (Å²) in [6.07, 6.45) is 7.47. The Morgan fingerprint density at radius 1 is 1.23 bits per heavy atom.